The number of rotatable bonds is 9. The zero-order valence-corrected chi connectivity index (χ0v) is 17.2. The molecule has 28 heavy (non-hydrogen) atoms. The second-order valence-electron chi connectivity index (χ2n) is 7.27. The highest BCUT2D eigenvalue weighted by molar-refractivity contribution is 5.90. The Morgan fingerprint density at radius 2 is 1.79 bits per heavy atom. The Morgan fingerprint density at radius 3 is 2.57 bits per heavy atom. The molecule has 0 aromatic heterocycles. The monoisotopic (exact) mass is 402 g/mol. The van der Waals surface area contributed by atoms with Crippen LogP contribution in [-0.4, -0.2) is 25.6 Å². The maximum atomic E-state index is 12.2. The summed E-state index contributed by atoms with van der Waals surface area (Å²) in [6, 6.07) is 18.3. The Hall–Kier alpha value is -1.88. The van der Waals surface area contributed by atoms with Gasteiger partial charge in [0.1, 0.15) is 0 Å². The predicted molar refractivity (Wildman–Crippen MR) is 117 cm³/mol. The summed E-state index contributed by atoms with van der Waals surface area (Å²) in [5.41, 5.74) is 3.22. The van der Waals surface area contributed by atoms with Gasteiger partial charge in [0, 0.05) is 12.1 Å². The van der Waals surface area contributed by atoms with Gasteiger partial charge in [0.2, 0.25) is 5.91 Å². The number of piperidine rings is 1. The molecule has 2 aromatic carbocycles. The maximum absolute atomic E-state index is 12.2. The van der Waals surface area contributed by atoms with Gasteiger partial charge >= 0.3 is 0 Å². The lowest BCUT2D eigenvalue weighted by Gasteiger charge is -2.22. The Balaban J connectivity index is 0.00000280. The van der Waals surface area contributed by atoms with Crippen molar-refractivity contribution >= 4 is 24.0 Å². The van der Waals surface area contributed by atoms with Gasteiger partial charge < -0.3 is 15.4 Å². The number of anilines is 1. The molecule has 5 heteroatoms. The van der Waals surface area contributed by atoms with Crippen molar-refractivity contribution in [1.82, 2.24) is 5.32 Å². The molecule has 1 amide bonds. The molecule has 4 nitrogen and oxygen atoms in total. The fourth-order valence-corrected chi connectivity index (χ4v) is 3.49. The van der Waals surface area contributed by atoms with E-state index in [2.05, 4.69) is 22.8 Å². The molecule has 0 aliphatic carbocycles. The summed E-state index contributed by atoms with van der Waals surface area (Å²) in [5, 5.41) is 6.39. The standard InChI is InChI=1S/C23H30N2O2.ClH/c26-23(10-9-20-11-14-24-15-12-20)25-22-8-4-7-21(17-22)18-27-16-13-19-5-2-1-3-6-19;/h1-8,17,20,24H,9-16,18H2,(H,25,26);1H. The number of halogens is 1. The molecule has 0 saturated carbocycles. The third-order valence-electron chi connectivity index (χ3n) is 5.10. The third-order valence-corrected chi connectivity index (χ3v) is 5.10. The molecule has 1 aliphatic heterocycles. The Morgan fingerprint density at radius 1 is 1.04 bits per heavy atom. The van der Waals surface area contributed by atoms with Gasteiger partial charge in [-0.3, -0.25) is 4.79 Å². The van der Waals surface area contributed by atoms with Crippen LogP contribution in [0.2, 0.25) is 0 Å². The van der Waals surface area contributed by atoms with Gasteiger partial charge in [0.05, 0.1) is 13.2 Å². The van der Waals surface area contributed by atoms with Crippen molar-refractivity contribution in [3.63, 3.8) is 0 Å². The number of hydrogen-bond donors (Lipinski definition) is 2. The molecule has 0 bridgehead atoms. The van der Waals surface area contributed by atoms with E-state index in [1.54, 1.807) is 0 Å². The van der Waals surface area contributed by atoms with Gasteiger partial charge in [0.25, 0.3) is 0 Å². The third kappa shape index (κ3) is 8.01. The van der Waals surface area contributed by atoms with E-state index >= 15 is 0 Å². The highest BCUT2D eigenvalue weighted by Gasteiger charge is 2.14. The molecule has 0 spiro atoms. The van der Waals surface area contributed by atoms with E-state index in [1.807, 2.05) is 42.5 Å². The van der Waals surface area contributed by atoms with Gasteiger partial charge in [-0.15, -0.1) is 12.4 Å². The van der Waals surface area contributed by atoms with Crippen LogP contribution in [-0.2, 0) is 22.6 Å². The van der Waals surface area contributed by atoms with Gasteiger partial charge in [0.15, 0.2) is 0 Å². The van der Waals surface area contributed by atoms with Crippen molar-refractivity contribution < 1.29 is 9.53 Å². The number of carbonyl (C=O) groups excluding carboxylic acids is 1. The molecule has 3 rings (SSSR count). The number of carbonyl (C=O) groups is 1. The molecular weight excluding hydrogens is 372 g/mol. The summed E-state index contributed by atoms with van der Waals surface area (Å²) in [6.07, 6.45) is 4.86. The molecule has 1 fully saturated rings. The molecule has 152 valence electrons. The highest BCUT2D eigenvalue weighted by atomic mass is 35.5. The first-order chi connectivity index (χ1) is 13.3. The average molecular weight is 403 g/mol. The van der Waals surface area contributed by atoms with Crippen LogP contribution in [0.4, 0.5) is 5.69 Å². The van der Waals surface area contributed by atoms with Crippen molar-refractivity contribution in [2.24, 2.45) is 5.92 Å². The van der Waals surface area contributed by atoms with E-state index in [9.17, 15) is 4.79 Å². The number of nitrogens with one attached hydrogen (secondary N) is 2. The van der Waals surface area contributed by atoms with Crippen LogP contribution in [0, 0.1) is 5.92 Å². The zero-order valence-electron chi connectivity index (χ0n) is 16.4. The lowest BCUT2D eigenvalue weighted by molar-refractivity contribution is -0.116. The first-order valence-corrected chi connectivity index (χ1v) is 10.0. The fraction of sp³-hybridized carbons (Fsp3) is 0.435. The number of amides is 1. The topological polar surface area (TPSA) is 50.4 Å². The summed E-state index contributed by atoms with van der Waals surface area (Å²) < 4.78 is 5.79. The van der Waals surface area contributed by atoms with Crippen LogP contribution < -0.4 is 10.6 Å². The maximum Gasteiger partial charge on any atom is 0.224 e. The quantitative estimate of drug-likeness (QED) is 0.603. The molecular formula is C23H31ClN2O2. The van der Waals surface area contributed by atoms with Crippen LogP contribution in [0.15, 0.2) is 54.6 Å². The van der Waals surface area contributed by atoms with E-state index in [1.165, 1.54) is 18.4 Å². The SMILES string of the molecule is Cl.O=C(CCC1CCNCC1)Nc1cccc(COCCc2ccccc2)c1. The van der Waals surface area contributed by atoms with Gasteiger partial charge in [-0.25, -0.2) is 0 Å². The number of benzene rings is 2. The molecule has 2 aromatic rings. The first-order valence-electron chi connectivity index (χ1n) is 10.0. The first kappa shape index (κ1) is 22.4. The van der Waals surface area contributed by atoms with Crippen LogP contribution >= 0.6 is 12.4 Å². The summed E-state index contributed by atoms with van der Waals surface area (Å²) in [6.45, 7) is 3.42. The molecule has 0 radical (unpaired) electrons. The zero-order chi connectivity index (χ0) is 18.7. The van der Waals surface area contributed by atoms with Gasteiger partial charge in [-0.05, 0) is 68.0 Å². The molecule has 2 N–H and O–H groups in total. The minimum absolute atomic E-state index is 0. The predicted octanol–water partition coefficient (Wildman–Crippen LogP) is 4.59. The summed E-state index contributed by atoms with van der Waals surface area (Å²) in [4.78, 5) is 12.2. The van der Waals surface area contributed by atoms with E-state index in [4.69, 9.17) is 4.74 Å². The van der Waals surface area contributed by atoms with Crippen LogP contribution in [0.1, 0.15) is 36.8 Å². The molecule has 0 atom stereocenters. The molecule has 0 unspecified atom stereocenters. The van der Waals surface area contributed by atoms with Crippen LogP contribution in [0.25, 0.3) is 0 Å². The summed E-state index contributed by atoms with van der Waals surface area (Å²) in [5.74, 6) is 0.789. The fourth-order valence-electron chi connectivity index (χ4n) is 3.49. The average Bonchev–Trinajstić information content (AvgIpc) is 2.72. The second-order valence-corrected chi connectivity index (χ2v) is 7.27. The van der Waals surface area contributed by atoms with Crippen LogP contribution in [0.3, 0.4) is 0 Å². The van der Waals surface area contributed by atoms with Gasteiger partial charge in [-0.1, -0.05) is 42.5 Å². The minimum atomic E-state index is 0. The number of hydrogen-bond acceptors (Lipinski definition) is 3. The smallest absolute Gasteiger partial charge is 0.224 e. The van der Waals surface area contributed by atoms with E-state index in [-0.39, 0.29) is 18.3 Å². The summed E-state index contributed by atoms with van der Waals surface area (Å²) in [7, 11) is 0. The van der Waals surface area contributed by atoms with Crippen LogP contribution in [0.5, 0.6) is 0 Å². The normalized spacial score (nSPS) is 14.3. The molecule has 1 saturated heterocycles. The van der Waals surface area contributed by atoms with Gasteiger partial charge in [-0.2, -0.15) is 0 Å². The minimum Gasteiger partial charge on any atom is -0.376 e. The Bertz CT molecular complexity index is 703. The summed E-state index contributed by atoms with van der Waals surface area (Å²) >= 11 is 0. The van der Waals surface area contributed by atoms with E-state index in [0.717, 1.165) is 37.2 Å². The lowest BCUT2D eigenvalue weighted by atomic mass is 9.93. The van der Waals surface area contributed by atoms with E-state index < -0.39 is 0 Å². The van der Waals surface area contributed by atoms with Crippen molar-refractivity contribution in [3.8, 4) is 0 Å². The number of ether oxygens (including phenoxy) is 1. The largest absolute Gasteiger partial charge is 0.376 e. The second kappa shape index (κ2) is 12.6. The Kier molecular flexibility index (Phi) is 10.0. The molecule has 1 aliphatic rings. The Labute approximate surface area is 174 Å². The van der Waals surface area contributed by atoms with Crippen molar-refractivity contribution in [2.75, 3.05) is 25.0 Å². The van der Waals surface area contributed by atoms with Crippen molar-refractivity contribution in [1.29, 1.82) is 0 Å². The van der Waals surface area contributed by atoms with Crippen molar-refractivity contribution in [2.45, 2.75) is 38.7 Å². The lowest BCUT2D eigenvalue weighted by Crippen LogP contribution is -2.28. The molecule has 1 heterocycles. The van der Waals surface area contributed by atoms with E-state index in [0.29, 0.717) is 25.6 Å². The highest BCUT2D eigenvalue weighted by Crippen LogP contribution is 2.19. The van der Waals surface area contributed by atoms with Crippen molar-refractivity contribution in [3.05, 3.63) is 65.7 Å².